The molecule has 1 spiro atoms. The molecule has 2 aromatic carbocycles. The van der Waals surface area contributed by atoms with E-state index in [0.717, 1.165) is 17.0 Å². The topological polar surface area (TPSA) is 102 Å². The first kappa shape index (κ1) is 16.9. The zero-order valence-electron chi connectivity index (χ0n) is 13.7. The fraction of sp³-hybridized carbons (Fsp3) is 0.111. The number of nitrogens with zero attached hydrogens (tertiary/aromatic N) is 2. The quantitative estimate of drug-likeness (QED) is 0.506. The fourth-order valence-electron chi connectivity index (χ4n) is 3.09. The first-order chi connectivity index (χ1) is 12.9. The third-order valence-electron chi connectivity index (χ3n) is 4.40. The molecule has 2 heterocycles. The molecule has 27 heavy (non-hydrogen) atoms. The van der Waals surface area contributed by atoms with Crippen molar-refractivity contribution < 1.29 is 23.7 Å². The largest absolute Gasteiger partial charge is 0.274 e. The number of nitrogens with one attached hydrogen (secondary N) is 1. The second-order valence-corrected chi connectivity index (χ2v) is 6.15. The third kappa shape index (κ3) is 2.74. The van der Waals surface area contributed by atoms with Gasteiger partial charge in [0.05, 0.1) is 22.7 Å². The van der Waals surface area contributed by atoms with Gasteiger partial charge in [-0.1, -0.05) is 12.1 Å². The predicted octanol–water partition coefficient (Wildman–Crippen LogP) is 2.31. The van der Waals surface area contributed by atoms with Crippen molar-refractivity contribution >= 4 is 28.9 Å². The van der Waals surface area contributed by atoms with Gasteiger partial charge in [-0.25, -0.2) is 9.29 Å². The number of carbonyl (C=O) groups excluding carboxylic acids is 2. The van der Waals surface area contributed by atoms with E-state index >= 15 is 0 Å². The van der Waals surface area contributed by atoms with Crippen LogP contribution >= 0.6 is 0 Å². The second-order valence-electron chi connectivity index (χ2n) is 6.15. The summed E-state index contributed by atoms with van der Waals surface area (Å²) in [7, 11) is 0. The van der Waals surface area contributed by atoms with Crippen LogP contribution in [0.4, 0.5) is 15.8 Å². The molecule has 0 aromatic heterocycles. The predicted molar refractivity (Wildman–Crippen MR) is 91.5 cm³/mol. The van der Waals surface area contributed by atoms with E-state index in [-0.39, 0.29) is 17.8 Å². The average Bonchev–Trinajstić information content (AvgIpc) is 3.18. The Bertz CT molecular complexity index is 1000. The van der Waals surface area contributed by atoms with Gasteiger partial charge in [-0.2, -0.15) is 0 Å². The van der Waals surface area contributed by atoms with Crippen LogP contribution in [0.5, 0.6) is 0 Å². The van der Waals surface area contributed by atoms with Crippen LogP contribution in [0.2, 0.25) is 0 Å². The Morgan fingerprint density at radius 2 is 1.93 bits per heavy atom. The number of hydrogen-bond acceptors (Lipinski definition) is 6. The Morgan fingerprint density at radius 1 is 1.19 bits per heavy atom. The van der Waals surface area contributed by atoms with Gasteiger partial charge in [0.25, 0.3) is 11.6 Å². The number of nitro benzene ring substituents is 1. The number of benzene rings is 2. The molecule has 136 valence electrons. The summed E-state index contributed by atoms with van der Waals surface area (Å²) in [5.41, 5.74) is 1.95. The minimum absolute atomic E-state index is 0.113. The van der Waals surface area contributed by atoms with E-state index in [2.05, 4.69) is 5.48 Å². The summed E-state index contributed by atoms with van der Waals surface area (Å²) < 4.78 is 13.1. The lowest BCUT2D eigenvalue weighted by Gasteiger charge is -2.18. The van der Waals surface area contributed by atoms with E-state index in [1.165, 1.54) is 36.4 Å². The average molecular weight is 369 g/mol. The first-order valence-corrected chi connectivity index (χ1v) is 7.94. The number of halogens is 1. The van der Waals surface area contributed by atoms with Crippen molar-refractivity contribution in [2.75, 3.05) is 4.90 Å². The molecule has 0 radical (unpaired) electrons. The van der Waals surface area contributed by atoms with Gasteiger partial charge in [-0.05, 0) is 30.3 Å². The first-order valence-electron chi connectivity index (χ1n) is 7.94. The molecule has 2 amide bonds. The lowest BCUT2D eigenvalue weighted by molar-refractivity contribution is -0.384. The van der Waals surface area contributed by atoms with E-state index < -0.39 is 28.2 Å². The lowest BCUT2D eigenvalue weighted by atomic mass is 9.99. The summed E-state index contributed by atoms with van der Waals surface area (Å²) in [6.07, 6.45) is 1.20. The molecule has 9 heteroatoms. The molecule has 8 nitrogen and oxygen atoms in total. The maximum Gasteiger partial charge on any atom is 0.273 e. The van der Waals surface area contributed by atoms with Crippen LogP contribution in [0, 0.1) is 15.9 Å². The van der Waals surface area contributed by atoms with Gasteiger partial charge >= 0.3 is 0 Å². The minimum atomic E-state index is -1.55. The molecule has 1 saturated heterocycles. The molecule has 0 bridgehead atoms. The van der Waals surface area contributed by atoms with Crippen LogP contribution in [0.3, 0.4) is 0 Å². The van der Waals surface area contributed by atoms with Crippen molar-refractivity contribution in [2.45, 2.75) is 12.0 Å². The number of carbonyl (C=O) groups is 2. The fourth-order valence-corrected chi connectivity index (χ4v) is 3.09. The Kier molecular flexibility index (Phi) is 3.74. The van der Waals surface area contributed by atoms with Gasteiger partial charge in [-0.15, -0.1) is 0 Å². The molecule has 2 aromatic rings. The number of non-ortho nitro benzene ring substituents is 1. The minimum Gasteiger partial charge on any atom is -0.274 e. The van der Waals surface area contributed by atoms with Gasteiger partial charge in [-0.3, -0.25) is 30.0 Å². The Balaban J connectivity index is 1.68. The van der Waals surface area contributed by atoms with Gasteiger partial charge in [0.2, 0.25) is 11.5 Å². The van der Waals surface area contributed by atoms with Crippen LogP contribution in [-0.2, 0) is 14.4 Å². The second kappa shape index (κ2) is 5.99. The Hall–Kier alpha value is -3.59. The summed E-state index contributed by atoms with van der Waals surface area (Å²) in [6.45, 7) is 0. The van der Waals surface area contributed by atoms with E-state index in [0.29, 0.717) is 11.3 Å². The van der Waals surface area contributed by atoms with E-state index in [4.69, 9.17) is 4.84 Å². The van der Waals surface area contributed by atoms with E-state index in [1.807, 2.05) is 0 Å². The highest BCUT2D eigenvalue weighted by Gasteiger charge is 2.55. The van der Waals surface area contributed by atoms with Crippen LogP contribution in [0.15, 0.2) is 54.6 Å². The zero-order valence-corrected chi connectivity index (χ0v) is 13.7. The van der Waals surface area contributed by atoms with Gasteiger partial charge < -0.3 is 0 Å². The lowest BCUT2D eigenvalue weighted by Crippen LogP contribution is -2.40. The number of rotatable bonds is 3. The number of hydroxylamine groups is 1. The summed E-state index contributed by atoms with van der Waals surface area (Å²) in [5.74, 6) is -1.60. The van der Waals surface area contributed by atoms with Crippen LogP contribution in [-0.4, -0.2) is 22.3 Å². The van der Waals surface area contributed by atoms with Crippen molar-refractivity contribution in [1.82, 2.24) is 5.48 Å². The number of anilines is 1. The van der Waals surface area contributed by atoms with Crippen LogP contribution in [0.1, 0.15) is 12.0 Å². The summed E-state index contributed by atoms with van der Waals surface area (Å²) >= 11 is 0. The number of imide groups is 1. The zero-order chi connectivity index (χ0) is 19.2. The Labute approximate surface area is 151 Å². The van der Waals surface area contributed by atoms with Crippen molar-refractivity contribution in [1.29, 1.82) is 0 Å². The van der Waals surface area contributed by atoms with Gasteiger partial charge in [0.1, 0.15) is 5.82 Å². The molecule has 0 saturated carbocycles. The van der Waals surface area contributed by atoms with Gasteiger partial charge in [0.15, 0.2) is 0 Å². The van der Waals surface area contributed by atoms with Crippen LogP contribution in [0.25, 0.3) is 5.70 Å². The molecule has 2 aliphatic rings. The normalized spacial score (nSPS) is 21.5. The molecule has 0 unspecified atom stereocenters. The maximum atomic E-state index is 13.1. The summed E-state index contributed by atoms with van der Waals surface area (Å²) in [4.78, 5) is 42.0. The molecular formula is C18H12FN3O5. The van der Waals surface area contributed by atoms with E-state index in [1.54, 1.807) is 6.07 Å². The number of nitro groups is 1. The van der Waals surface area contributed by atoms with Crippen LogP contribution < -0.4 is 10.4 Å². The molecule has 0 aliphatic carbocycles. The molecule has 2 aliphatic heterocycles. The highest BCUT2D eigenvalue weighted by molar-refractivity contribution is 6.25. The van der Waals surface area contributed by atoms with Crippen molar-refractivity contribution in [2.24, 2.45) is 0 Å². The standard InChI is InChI=1S/C18H12FN3O5/c19-12-4-6-13(7-5-12)21-16(23)10-18(17(21)24)9-15(20-27-18)11-2-1-3-14(8-11)22(25)26/h1-9,20H,10H2/t18-/m0/s1. The van der Waals surface area contributed by atoms with E-state index in [9.17, 15) is 24.1 Å². The molecule has 1 fully saturated rings. The molecule has 1 N–H and O–H groups in total. The maximum absolute atomic E-state index is 13.1. The Morgan fingerprint density at radius 3 is 2.63 bits per heavy atom. The smallest absolute Gasteiger partial charge is 0.273 e. The van der Waals surface area contributed by atoms with Crippen molar-refractivity contribution in [3.63, 3.8) is 0 Å². The summed E-state index contributed by atoms with van der Waals surface area (Å²) in [6, 6.07) is 10.8. The summed E-state index contributed by atoms with van der Waals surface area (Å²) in [5, 5.41) is 10.9. The molecular weight excluding hydrogens is 357 g/mol. The molecule has 1 atom stereocenters. The SMILES string of the molecule is O=C1C[C@@]2(C=C(c3cccc([N+](=O)[O-])c3)NO2)C(=O)N1c1ccc(F)cc1. The highest BCUT2D eigenvalue weighted by Crippen LogP contribution is 2.38. The van der Waals surface area contributed by atoms with Gasteiger partial charge in [0, 0.05) is 17.7 Å². The highest BCUT2D eigenvalue weighted by atomic mass is 19.1. The monoisotopic (exact) mass is 369 g/mol. The molecule has 4 rings (SSSR count). The van der Waals surface area contributed by atoms with Crippen molar-refractivity contribution in [3.8, 4) is 0 Å². The van der Waals surface area contributed by atoms with Crippen molar-refractivity contribution in [3.05, 3.63) is 76.1 Å². The number of hydrogen-bond donors (Lipinski definition) is 1. The third-order valence-corrected chi connectivity index (χ3v) is 4.40. The number of amides is 2.